The minimum Gasteiger partial charge on any atom is -0.475 e. The summed E-state index contributed by atoms with van der Waals surface area (Å²) in [6, 6.07) is 10.9. The van der Waals surface area contributed by atoms with E-state index in [1.165, 1.54) is 18.6 Å². The lowest BCUT2D eigenvalue weighted by Crippen LogP contribution is -2.21. The first-order valence-electron chi connectivity index (χ1n) is 15.9. The van der Waals surface area contributed by atoms with Gasteiger partial charge in [-0.25, -0.2) is 24.4 Å². The molecule has 0 aliphatic rings. The molecule has 1 amide bonds. The number of pyridine rings is 1. The molecule has 0 atom stereocenters. The van der Waals surface area contributed by atoms with Crippen LogP contribution in [0, 0.1) is 6.92 Å². The normalized spacial score (nSPS) is 11.7. The number of amides is 1. The van der Waals surface area contributed by atoms with Crippen LogP contribution in [0.3, 0.4) is 0 Å². The number of aromatic nitrogens is 4. The minimum atomic E-state index is -5.08. The van der Waals surface area contributed by atoms with Crippen molar-refractivity contribution in [2.75, 3.05) is 37.8 Å². The Kier molecular flexibility index (Phi) is 16.3. The Bertz CT molecular complexity index is 2250. The largest absolute Gasteiger partial charge is 0.490 e. The van der Waals surface area contributed by atoms with Crippen LogP contribution in [0.2, 0.25) is 0 Å². The monoisotopic (exact) mass is 875 g/mol. The Morgan fingerprint density at radius 1 is 0.717 bits per heavy atom. The number of nitrogens with zero attached hydrogens (tertiary/aromatic N) is 4. The predicted molar refractivity (Wildman–Crippen MR) is 187 cm³/mol. The first-order valence-corrected chi connectivity index (χ1v) is 15.9. The zero-order valence-electron chi connectivity index (χ0n) is 30.5. The second-order valence-electron chi connectivity index (χ2n) is 11.9. The molecule has 14 nitrogen and oxygen atoms in total. The van der Waals surface area contributed by atoms with Crippen LogP contribution in [0.25, 0.3) is 33.1 Å². The van der Waals surface area contributed by atoms with E-state index in [0.717, 1.165) is 50.9 Å². The van der Waals surface area contributed by atoms with Crippen LogP contribution >= 0.6 is 0 Å². The fraction of sp³-hybridized carbons (Fsp3) is 0.265. The van der Waals surface area contributed by atoms with Crippen molar-refractivity contribution in [1.82, 2.24) is 24.8 Å². The number of anilines is 2. The van der Waals surface area contributed by atoms with Crippen molar-refractivity contribution in [3.63, 3.8) is 0 Å². The third-order valence-corrected chi connectivity index (χ3v) is 7.07. The topological polar surface area (TPSA) is 211 Å². The van der Waals surface area contributed by atoms with Gasteiger partial charge in [0.25, 0.3) is 5.91 Å². The molecule has 3 aromatic heterocycles. The van der Waals surface area contributed by atoms with E-state index in [-0.39, 0.29) is 11.3 Å². The van der Waals surface area contributed by atoms with Gasteiger partial charge in [0, 0.05) is 58.1 Å². The highest BCUT2D eigenvalue weighted by Crippen LogP contribution is 2.33. The van der Waals surface area contributed by atoms with Crippen LogP contribution in [-0.2, 0) is 20.6 Å². The molecule has 0 aliphatic carbocycles. The van der Waals surface area contributed by atoms with Gasteiger partial charge in [-0.1, -0.05) is 12.1 Å². The van der Waals surface area contributed by atoms with Crippen molar-refractivity contribution in [2.24, 2.45) is 0 Å². The number of hydrogen-bond acceptors (Lipinski definition) is 9. The molecular formula is C34H29F12N7O7. The summed E-state index contributed by atoms with van der Waals surface area (Å²) in [5, 5.41) is 28.9. The van der Waals surface area contributed by atoms with Crippen LogP contribution in [0.1, 0.15) is 21.6 Å². The summed E-state index contributed by atoms with van der Waals surface area (Å²) < 4.78 is 136. The molecule has 5 rings (SSSR count). The molecule has 3 heterocycles. The molecule has 26 heteroatoms. The van der Waals surface area contributed by atoms with E-state index < -0.39 is 54.1 Å². The number of carbonyl (C=O) groups excluding carboxylic acids is 1. The average molecular weight is 876 g/mol. The minimum absolute atomic E-state index is 0.111. The average Bonchev–Trinajstić information content (AvgIpc) is 3.49. The van der Waals surface area contributed by atoms with E-state index in [1.807, 2.05) is 44.1 Å². The number of rotatable bonds is 7. The Balaban J connectivity index is 0.000000485. The lowest BCUT2D eigenvalue weighted by molar-refractivity contribution is -0.193. The van der Waals surface area contributed by atoms with E-state index in [0.29, 0.717) is 18.8 Å². The van der Waals surface area contributed by atoms with Crippen LogP contribution in [-0.4, -0.2) is 110 Å². The zero-order chi connectivity index (χ0) is 46.0. The number of carbonyl (C=O) groups is 4. The summed E-state index contributed by atoms with van der Waals surface area (Å²) in [5.74, 6) is -8.94. The van der Waals surface area contributed by atoms with Gasteiger partial charge in [-0.15, -0.1) is 0 Å². The number of fused-ring (bicyclic) bond motifs is 3. The molecule has 60 heavy (non-hydrogen) atoms. The van der Waals surface area contributed by atoms with E-state index in [1.54, 1.807) is 12.3 Å². The SMILES string of the molecule is Cc1ncc(NC(=O)c2cc(NCCN(C)C)cc(C(F)(F)F)c2)cc1-c1ccc2c(c1)[nH]c1ncncc12.O=C(O)C(F)(F)F.O=C(O)C(F)(F)F.O=C(O)C(F)(F)F. The van der Waals surface area contributed by atoms with E-state index in [9.17, 15) is 57.5 Å². The first kappa shape index (κ1) is 49.4. The van der Waals surface area contributed by atoms with Crippen LogP contribution < -0.4 is 10.6 Å². The van der Waals surface area contributed by atoms with Crippen molar-refractivity contribution in [2.45, 2.75) is 31.6 Å². The number of alkyl halides is 12. The quantitative estimate of drug-likeness (QED) is 0.0873. The van der Waals surface area contributed by atoms with Gasteiger partial charge in [0.2, 0.25) is 0 Å². The second kappa shape index (κ2) is 19.8. The molecule has 0 saturated heterocycles. The van der Waals surface area contributed by atoms with Gasteiger partial charge in [0.05, 0.1) is 17.4 Å². The highest BCUT2D eigenvalue weighted by atomic mass is 19.4. The molecule has 0 radical (unpaired) electrons. The van der Waals surface area contributed by atoms with Crippen molar-refractivity contribution >= 4 is 57.1 Å². The van der Waals surface area contributed by atoms with Crippen molar-refractivity contribution in [1.29, 1.82) is 0 Å². The smallest absolute Gasteiger partial charge is 0.475 e. The van der Waals surface area contributed by atoms with Gasteiger partial charge >= 0.3 is 42.6 Å². The first-order chi connectivity index (χ1) is 27.4. The number of carboxylic acids is 3. The van der Waals surface area contributed by atoms with E-state index in [4.69, 9.17) is 29.7 Å². The maximum Gasteiger partial charge on any atom is 0.490 e. The molecule has 0 aliphatic heterocycles. The molecule has 0 unspecified atom stereocenters. The van der Waals surface area contributed by atoms with Gasteiger partial charge in [-0.3, -0.25) is 9.78 Å². The number of halogens is 12. The molecular weight excluding hydrogens is 846 g/mol. The molecule has 0 saturated carbocycles. The Morgan fingerprint density at radius 2 is 1.27 bits per heavy atom. The fourth-order valence-electron chi connectivity index (χ4n) is 4.35. The summed E-state index contributed by atoms with van der Waals surface area (Å²) >= 11 is 0. The molecule has 0 bridgehead atoms. The summed E-state index contributed by atoms with van der Waals surface area (Å²) in [6.07, 6.45) is -15.1. The maximum absolute atomic E-state index is 13.6. The third kappa shape index (κ3) is 15.2. The highest BCUT2D eigenvalue weighted by molar-refractivity contribution is 6.07. The molecule has 5 aromatic rings. The summed E-state index contributed by atoms with van der Waals surface area (Å²) in [7, 11) is 3.73. The van der Waals surface area contributed by atoms with E-state index in [2.05, 4.69) is 30.6 Å². The number of aryl methyl sites for hydroxylation is 1. The van der Waals surface area contributed by atoms with Crippen molar-refractivity contribution in [3.8, 4) is 11.1 Å². The lowest BCUT2D eigenvalue weighted by Gasteiger charge is -2.15. The zero-order valence-corrected chi connectivity index (χ0v) is 30.5. The molecule has 2 aromatic carbocycles. The summed E-state index contributed by atoms with van der Waals surface area (Å²) in [4.78, 5) is 57.7. The predicted octanol–water partition coefficient (Wildman–Crippen LogP) is 7.63. The van der Waals surface area contributed by atoms with Gasteiger partial charge in [0.15, 0.2) is 0 Å². The van der Waals surface area contributed by atoms with Crippen molar-refractivity contribution < 1.29 is 87.2 Å². The Labute approximate surface area is 327 Å². The summed E-state index contributed by atoms with van der Waals surface area (Å²) in [6.45, 7) is 2.89. The van der Waals surface area contributed by atoms with Gasteiger partial charge in [-0.2, -0.15) is 52.7 Å². The maximum atomic E-state index is 13.6. The van der Waals surface area contributed by atoms with Gasteiger partial charge < -0.3 is 35.8 Å². The number of carboxylic acid groups (broad SMARTS) is 3. The number of nitrogens with one attached hydrogen (secondary N) is 3. The third-order valence-electron chi connectivity index (χ3n) is 7.07. The van der Waals surface area contributed by atoms with Crippen LogP contribution in [0.4, 0.5) is 64.1 Å². The Morgan fingerprint density at radius 3 is 1.77 bits per heavy atom. The molecule has 326 valence electrons. The molecule has 0 fully saturated rings. The van der Waals surface area contributed by atoms with Crippen molar-refractivity contribution in [3.05, 3.63) is 78.0 Å². The molecule has 0 spiro atoms. The number of aromatic amines is 1. The van der Waals surface area contributed by atoms with Gasteiger partial charge in [-0.05, 0) is 56.9 Å². The van der Waals surface area contributed by atoms with Crippen LogP contribution in [0.5, 0.6) is 0 Å². The van der Waals surface area contributed by atoms with Crippen LogP contribution in [0.15, 0.2) is 61.2 Å². The summed E-state index contributed by atoms with van der Waals surface area (Å²) in [5.41, 5.74) is 3.53. The number of aliphatic carboxylic acids is 3. The standard InChI is InChI=1S/C28H26F3N7O.3C2HF3O2/c1-16-23(17-4-5-22-24-14-32-15-35-26(24)37-25(22)10-17)12-21(13-34-16)36-27(39)18-8-19(28(29,30)31)11-20(9-18)33-6-7-38(2)3;3*3-2(4,5)1(6)7/h4-5,8-15,33H,6-7H2,1-3H3,(H,36,39)(H,32,35,37);3*(H,6,7). The fourth-order valence-corrected chi connectivity index (χ4v) is 4.35. The number of benzene rings is 2. The van der Waals surface area contributed by atoms with Gasteiger partial charge in [0.1, 0.15) is 12.0 Å². The second-order valence-corrected chi connectivity index (χ2v) is 11.9. The number of hydrogen-bond donors (Lipinski definition) is 6. The van der Waals surface area contributed by atoms with E-state index >= 15 is 0 Å². The molecule has 6 N–H and O–H groups in total. The number of H-pyrrole nitrogens is 1. The Hall–Kier alpha value is -6.73. The highest BCUT2D eigenvalue weighted by Gasteiger charge is 2.39. The number of likely N-dealkylation sites (N-methyl/N-ethyl adjacent to an activating group) is 1. The lowest BCUT2D eigenvalue weighted by atomic mass is 10.0.